The van der Waals surface area contributed by atoms with Crippen LogP contribution in [0.5, 0.6) is 0 Å². The Morgan fingerprint density at radius 2 is 1.80 bits per heavy atom. The number of rotatable bonds is 3. The average molecular weight is 279 g/mol. The van der Waals surface area contributed by atoms with E-state index in [-0.39, 0.29) is 0 Å². The zero-order valence-corrected chi connectivity index (χ0v) is 13.3. The second-order valence-corrected chi connectivity index (χ2v) is 7.61. The third kappa shape index (κ3) is 3.22. The first-order chi connectivity index (χ1) is 9.83. The molecule has 0 radical (unpaired) electrons. The molecule has 2 nitrogen and oxygen atoms in total. The van der Waals surface area contributed by atoms with Gasteiger partial charge in [-0.15, -0.1) is 0 Å². The van der Waals surface area contributed by atoms with Gasteiger partial charge in [-0.1, -0.05) is 32.1 Å². The lowest BCUT2D eigenvalue weighted by atomic mass is 9.65. The van der Waals surface area contributed by atoms with Gasteiger partial charge in [-0.2, -0.15) is 0 Å². The van der Waals surface area contributed by atoms with Crippen LogP contribution in [0.2, 0.25) is 0 Å². The molecule has 2 saturated carbocycles. The lowest BCUT2D eigenvalue weighted by Crippen LogP contribution is -2.45. The van der Waals surface area contributed by atoms with Crippen molar-refractivity contribution in [3.8, 4) is 0 Å². The third-order valence-electron chi connectivity index (χ3n) is 6.34. The Kier molecular flexibility index (Phi) is 5.04. The summed E-state index contributed by atoms with van der Waals surface area (Å²) in [5.41, 5.74) is 0.294. The number of ether oxygens (including phenoxy) is 1. The van der Waals surface area contributed by atoms with Crippen LogP contribution < -0.4 is 5.32 Å². The van der Waals surface area contributed by atoms with Crippen molar-refractivity contribution in [2.75, 3.05) is 20.2 Å². The topological polar surface area (TPSA) is 21.3 Å². The molecule has 1 spiro atoms. The Hall–Kier alpha value is -0.0800. The van der Waals surface area contributed by atoms with E-state index in [1.165, 1.54) is 77.2 Å². The zero-order chi connectivity index (χ0) is 13.8. The van der Waals surface area contributed by atoms with Gasteiger partial charge in [0.2, 0.25) is 0 Å². The van der Waals surface area contributed by atoms with Crippen molar-refractivity contribution in [1.82, 2.24) is 5.32 Å². The molecule has 1 saturated heterocycles. The molecule has 20 heavy (non-hydrogen) atoms. The van der Waals surface area contributed by atoms with E-state index in [9.17, 15) is 0 Å². The smallest absolute Gasteiger partial charge is 0.0685 e. The lowest BCUT2D eigenvalue weighted by molar-refractivity contribution is -0.130. The van der Waals surface area contributed by atoms with Gasteiger partial charge >= 0.3 is 0 Å². The van der Waals surface area contributed by atoms with Crippen LogP contribution in [0.15, 0.2) is 0 Å². The summed E-state index contributed by atoms with van der Waals surface area (Å²) in [7, 11) is 2.12. The molecule has 1 aliphatic heterocycles. The van der Waals surface area contributed by atoms with Crippen molar-refractivity contribution in [1.29, 1.82) is 0 Å². The van der Waals surface area contributed by atoms with Gasteiger partial charge in [0.1, 0.15) is 0 Å². The average Bonchev–Trinajstić information content (AvgIpc) is 2.49. The summed E-state index contributed by atoms with van der Waals surface area (Å²) in [6, 6.07) is 0. The first-order valence-corrected chi connectivity index (χ1v) is 9.11. The fraction of sp³-hybridized carbons (Fsp3) is 1.00. The quantitative estimate of drug-likeness (QED) is 0.838. The van der Waals surface area contributed by atoms with E-state index in [2.05, 4.69) is 12.4 Å². The van der Waals surface area contributed by atoms with Crippen molar-refractivity contribution >= 4 is 0 Å². The summed E-state index contributed by atoms with van der Waals surface area (Å²) in [4.78, 5) is 0. The fourth-order valence-electron chi connectivity index (χ4n) is 5.35. The highest BCUT2D eigenvalue weighted by molar-refractivity contribution is 4.93. The largest absolute Gasteiger partial charge is 0.375 e. The Balaban J connectivity index is 1.65. The fourth-order valence-corrected chi connectivity index (χ4v) is 5.35. The minimum Gasteiger partial charge on any atom is -0.375 e. The summed E-state index contributed by atoms with van der Waals surface area (Å²) in [5, 5.41) is 3.45. The van der Waals surface area contributed by atoms with E-state index in [0.717, 1.165) is 24.4 Å². The number of hydrogen-bond acceptors (Lipinski definition) is 2. The predicted octanol–water partition coefficient (Wildman–Crippen LogP) is 4.14. The van der Waals surface area contributed by atoms with Gasteiger partial charge in [0.05, 0.1) is 5.60 Å². The second kappa shape index (κ2) is 6.79. The zero-order valence-electron chi connectivity index (χ0n) is 13.3. The Morgan fingerprint density at radius 3 is 2.60 bits per heavy atom. The van der Waals surface area contributed by atoms with Gasteiger partial charge in [-0.3, -0.25) is 0 Å². The number of nitrogens with one attached hydrogen (secondary N) is 1. The Bertz CT molecular complexity index is 290. The molecule has 2 heteroatoms. The highest BCUT2D eigenvalue weighted by Gasteiger charge is 2.42. The van der Waals surface area contributed by atoms with E-state index in [1.807, 2.05) is 0 Å². The van der Waals surface area contributed by atoms with E-state index in [1.54, 1.807) is 0 Å². The van der Waals surface area contributed by atoms with Gasteiger partial charge in [0, 0.05) is 6.61 Å². The highest BCUT2D eigenvalue weighted by Crippen LogP contribution is 2.46. The Morgan fingerprint density at radius 1 is 1.00 bits per heavy atom. The molecule has 1 heterocycles. The lowest BCUT2D eigenvalue weighted by Gasteiger charge is -2.48. The highest BCUT2D eigenvalue weighted by atomic mass is 16.5. The molecular formula is C18H33NO. The van der Waals surface area contributed by atoms with Crippen molar-refractivity contribution in [2.45, 2.75) is 76.2 Å². The maximum Gasteiger partial charge on any atom is 0.0685 e. The van der Waals surface area contributed by atoms with E-state index in [4.69, 9.17) is 4.74 Å². The molecule has 2 aliphatic carbocycles. The molecular weight excluding hydrogens is 246 g/mol. The maximum atomic E-state index is 6.31. The van der Waals surface area contributed by atoms with Crippen molar-refractivity contribution in [3.05, 3.63) is 0 Å². The van der Waals surface area contributed by atoms with Crippen LogP contribution in [0, 0.1) is 17.8 Å². The van der Waals surface area contributed by atoms with Crippen LogP contribution in [-0.2, 0) is 4.74 Å². The van der Waals surface area contributed by atoms with Crippen LogP contribution in [0.1, 0.15) is 70.6 Å². The van der Waals surface area contributed by atoms with Crippen LogP contribution in [-0.4, -0.2) is 25.8 Å². The molecule has 3 unspecified atom stereocenters. The molecule has 3 atom stereocenters. The summed E-state index contributed by atoms with van der Waals surface area (Å²) < 4.78 is 6.31. The summed E-state index contributed by atoms with van der Waals surface area (Å²) in [6.45, 7) is 2.27. The van der Waals surface area contributed by atoms with Crippen molar-refractivity contribution in [2.24, 2.45) is 17.8 Å². The van der Waals surface area contributed by atoms with Gasteiger partial charge in [0.15, 0.2) is 0 Å². The van der Waals surface area contributed by atoms with Gasteiger partial charge in [-0.05, 0) is 69.9 Å². The molecule has 3 fully saturated rings. The monoisotopic (exact) mass is 279 g/mol. The first-order valence-electron chi connectivity index (χ1n) is 9.11. The third-order valence-corrected chi connectivity index (χ3v) is 6.34. The minimum atomic E-state index is 0.294. The van der Waals surface area contributed by atoms with Crippen molar-refractivity contribution in [3.63, 3.8) is 0 Å². The SMILES string of the molecule is CNCC1CCCCC1C1CCOC2(CCCCC2)C1. The van der Waals surface area contributed by atoms with E-state index >= 15 is 0 Å². The van der Waals surface area contributed by atoms with Crippen molar-refractivity contribution < 1.29 is 4.74 Å². The predicted molar refractivity (Wildman–Crippen MR) is 83.9 cm³/mol. The molecule has 0 aromatic rings. The van der Waals surface area contributed by atoms with Crippen LogP contribution in [0.25, 0.3) is 0 Å². The first kappa shape index (κ1) is 14.8. The van der Waals surface area contributed by atoms with Crippen LogP contribution >= 0.6 is 0 Å². The molecule has 3 rings (SSSR count). The molecule has 0 aromatic carbocycles. The Labute approximate surface area is 125 Å². The van der Waals surface area contributed by atoms with Crippen LogP contribution in [0.3, 0.4) is 0 Å². The summed E-state index contributed by atoms with van der Waals surface area (Å²) in [6.07, 6.45) is 15.5. The molecule has 0 bridgehead atoms. The number of hydrogen-bond donors (Lipinski definition) is 1. The molecule has 0 aromatic heterocycles. The molecule has 116 valence electrons. The minimum absolute atomic E-state index is 0.294. The van der Waals surface area contributed by atoms with E-state index in [0.29, 0.717) is 5.60 Å². The van der Waals surface area contributed by atoms with Gasteiger partial charge in [0.25, 0.3) is 0 Å². The summed E-state index contributed by atoms with van der Waals surface area (Å²) >= 11 is 0. The van der Waals surface area contributed by atoms with Gasteiger partial charge in [-0.25, -0.2) is 0 Å². The second-order valence-electron chi connectivity index (χ2n) is 7.61. The summed E-state index contributed by atoms with van der Waals surface area (Å²) in [5.74, 6) is 2.84. The molecule has 3 aliphatic rings. The maximum absolute atomic E-state index is 6.31. The van der Waals surface area contributed by atoms with Crippen LogP contribution in [0.4, 0.5) is 0 Å². The van der Waals surface area contributed by atoms with Gasteiger partial charge < -0.3 is 10.1 Å². The molecule has 1 N–H and O–H groups in total. The standard InChI is InChI=1S/C18H33NO/c1-19-14-16-7-3-4-8-17(16)15-9-12-20-18(13-15)10-5-2-6-11-18/h15-17,19H,2-14H2,1H3. The van der Waals surface area contributed by atoms with E-state index < -0.39 is 0 Å². The normalized spacial score (nSPS) is 38.0. The molecule has 0 amide bonds.